The number of hydrogen-bond donors (Lipinski definition) is 3. The molecule has 0 spiro atoms. The molecule has 0 saturated carbocycles. The lowest BCUT2D eigenvalue weighted by Gasteiger charge is -2.28. The molecule has 21 heavy (non-hydrogen) atoms. The van der Waals surface area contributed by atoms with Gasteiger partial charge in [-0.1, -0.05) is 44.5 Å². The molecular weight excluding hydrogens is 268 g/mol. The molecule has 3 N–H and O–H groups in total. The summed E-state index contributed by atoms with van der Waals surface area (Å²) in [6, 6.07) is 6.78. The second-order valence-electron chi connectivity index (χ2n) is 5.62. The molecule has 0 radical (unpaired) electrons. The third kappa shape index (κ3) is 3.61. The molecule has 0 unspecified atom stereocenters. The molecule has 1 aromatic rings. The third-order valence-electron chi connectivity index (χ3n) is 4.17. The van der Waals surface area contributed by atoms with Crippen LogP contribution in [0.25, 0.3) is 0 Å². The van der Waals surface area contributed by atoms with E-state index in [2.05, 4.69) is 10.6 Å². The number of carboxylic acids is 1. The maximum atomic E-state index is 12.3. The number of benzene rings is 1. The van der Waals surface area contributed by atoms with Crippen LogP contribution in [-0.2, 0) is 22.6 Å². The number of nitrogens with one attached hydrogen (secondary N) is 2. The Balaban J connectivity index is 2.03. The Kier molecular flexibility index (Phi) is 4.96. The lowest BCUT2D eigenvalue weighted by atomic mass is 9.94. The van der Waals surface area contributed by atoms with Gasteiger partial charge in [0.25, 0.3) is 0 Å². The van der Waals surface area contributed by atoms with Gasteiger partial charge in [-0.25, -0.2) is 4.79 Å². The molecule has 1 heterocycles. The van der Waals surface area contributed by atoms with Gasteiger partial charge in [0.2, 0.25) is 5.91 Å². The summed E-state index contributed by atoms with van der Waals surface area (Å²) in [6.07, 6.45) is 1.30. The summed E-state index contributed by atoms with van der Waals surface area (Å²) >= 11 is 0. The van der Waals surface area contributed by atoms with Crippen molar-refractivity contribution in [1.82, 2.24) is 10.6 Å². The number of fused-ring (bicyclic) bond motifs is 1. The van der Waals surface area contributed by atoms with Gasteiger partial charge in [0.1, 0.15) is 6.04 Å². The molecule has 3 atom stereocenters. The summed E-state index contributed by atoms with van der Waals surface area (Å²) in [5.74, 6) is -1.31. The van der Waals surface area contributed by atoms with Crippen LogP contribution in [0.5, 0.6) is 0 Å². The fourth-order valence-corrected chi connectivity index (χ4v) is 2.58. The number of rotatable bonds is 5. The van der Waals surface area contributed by atoms with Crippen molar-refractivity contribution in [3.63, 3.8) is 0 Å². The molecule has 0 saturated heterocycles. The zero-order valence-corrected chi connectivity index (χ0v) is 12.4. The first-order valence-electron chi connectivity index (χ1n) is 7.36. The highest BCUT2D eigenvalue weighted by atomic mass is 16.4. The highest BCUT2D eigenvalue weighted by molar-refractivity contribution is 5.87. The largest absolute Gasteiger partial charge is 0.480 e. The summed E-state index contributed by atoms with van der Waals surface area (Å²) in [6.45, 7) is 4.39. The Morgan fingerprint density at radius 3 is 2.67 bits per heavy atom. The minimum absolute atomic E-state index is 0.0951. The number of carbonyl (C=O) groups excluding carboxylic acids is 1. The maximum Gasteiger partial charge on any atom is 0.326 e. The molecule has 0 fully saturated rings. The first-order valence-corrected chi connectivity index (χ1v) is 7.36. The number of hydrogen-bond acceptors (Lipinski definition) is 3. The van der Waals surface area contributed by atoms with Crippen LogP contribution < -0.4 is 10.6 Å². The van der Waals surface area contributed by atoms with Crippen LogP contribution in [0.1, 0.15) is 31.4 Å². The third-order valence-corrected chi connectivity index (χ3v) is 4.17. The Bertz CT molecular complexity index is 530. The molecule has 2 rings (SSSR count). The number of amides is 1. The first-order chi connectivity index (χ1) is 10.0. The van der Waals surface area contributed by atoms with Gasteiger partial charge in [-0.15, -0.1) is 0 Å². The summed E-state index contributed by atoms with van der Waals surface area (Å²) in [5.41, 5.74) is 2.34. The Hall–Kier alpha value is -1.88. The molecule has 1 aliphatic rings. The second kappa shape index (κ2) is 6.72. The van der Waals surface area contributed by atoms with Gasteiger partial charge >= 0.3 is 5.97 Å². The van der Waals surface area contributed by atoms with E-state index in [1.54, 1.807) is 0 Å². The lowest BCUT2D eigenvalue weighted by molar-refractivity contribution is -0.143. The Labute approximate surface area is 124 Å². The predicted octanol–water partition coefficient (Wildman–Crippen LogP) is 1.32. The van der Waals surface area contributed by atoms with Crippen LogP contribution in [-0.4, -0.2) is 29.1 Å². The van der Waals surface area contributed by atoms with E-state index in [1.807, 2.05) is 38.1 Å². The van der Waals surface area contributed by atoms with Crippen LogP contribution in [0.3, 0.4) is 0 Å². The normalized spacial score (nSPS) is 20.2. The summed E-state index contributed by atoms with van der Waals surface area (Å²) in [5, 5.41) is 15.1. The Morgan fingerprint density at radius 2 is 2.05 bits per heavy atom. The predicted molar refractivity (Wildman–Crippen MR) is 79.8 cm³/mol. The summed E-state index contributed by atoms with van der Waals surface area (Å²) in [4.78, 5) is 23.6. The molecule has 1 aliphatic heterocycles. The van der Waals surface area contributed by atoms with Crippen molar-refractivity contribution in [2.24, 2.45) is 5.92 Å². The Morgan fingerprint density at radius 1 is 1.38 bits per heavy atom. The zero-order chi connectivity index (χ0) is 15.4. The van der Waals surface area contributed by atoms with E-state index in [-0.39, 0.29) is 17.9 Å². The van der Waals surface area contributed by atoms with Crippen molar-refractivity contribution < 1.29 is 14.7 Å². The van der Waals surface area contributed by atoms with Crippen LogP contribution in [0.2, 0.25) is 0 Å². The van der Waals surface area contributed by atoms with Gasteiger partial charge in [0.05, 0.1) is 6.04 Å². The fraction of sp³-hybridized carbons (Fsp3) is 0.500. The smallest absolute Gasteiger partial charge is 0.326 e. The van der Waals surface area contributed by atoms with Gasteiger partial charge in [-0.2, -0.15) is 0 Å². The van der Waals surface area contributed by atoms with E-state index in [0.717, 1.165) is 5.56 Å². The number of carbonyl (C=O) groups is 2. The number of carboxylic acid groups (broad SMARTS) is 1. The van der Waals surface area contributed by atoms with Crippen LogP contribution >= 0.6 is 0 Å². The molecule has 114 valence electrons. The van der Waals surface area contributed by atoms with Crippen LogP contribution in [0, 0.1) is 5.92 Å². The fourth-order valence-electron chi connectivity index (χ4n) is 2.58. The van der Waals surface area contributed by atoms with Crippen molar-refractivity contribution in [3.05, 3.63) is 35.4 Å². The lowest BCUT2D eigenvalue weighted by Crippen LogP contribution is -2.54. The van der Waals surface area contributed by atoms with Gasteiger partial charge < -0.3 is 15.7 Å². The molecule has 0 aliphatic carbocycles. The van der Waals surface area contributed by atoms with Crippen molar-refractivity contribution in [2.45, 2.75) is 45.3 Å². The minimum atomic E-state index is -0.978. The maximum absolute atomic E-state index is 12.3. The molecule has 0 aromatic heterocycles. The SMILES string of the molecule is CC[C@@H](C)[C@H](NC(=O)[C@H]1Cc2ccccc2CN1)C(=O)O. The van der Waals surface area contributed by atoms with Crippen molar-refractivity contribution >= 4 is 11.9 Å². The van der Waals surface area contributed by atoms with Gasteiger partial charge in [0, 0.05) is 6.54 Å². The van der Waals surface area contributed by atoms with E-state index < -0.39 is 12.0 Å². The van der Waals surface area contributed by atoms with Crippen LogP contribution in [0.4, 0.5) is 0 Å². The quantitative estimate of drug-likeness (QED) is 0.764. The molecular formula is C16H22N2O3. The molecule has 1 aromatic carbocycles. The van der Waals surface area contributed by atoms with E-state index >= 15 is 0 Å². The van der Waals surface area contributed by atoms with E-state index in [1.165, 1.54) is 5.56 Å². The topological polar surface area (TPSA) is 78.4 Å². The molecule has 5 heteroatoms. The van der Waals surface area contributed by atoms with E-state index in [9.17, 15) is 14.7 Å². The van der Waals surface area contributed by atoms with Gasteiger partial charge in [-0.3, -0.25) is 4.79 Å². The average molecular weight is 290 g/mol. The summed E-state index contributed by atoms with van der Waals surface area (Å²) in [7, 11) is 0. The van der Waals surface area contributed by atoms with Crippen molar-refractivity contribution in [3.8, 4) is 0 Å². The minimum Gasteiger partial charge on any atom is -0.480 e. The van der Waals surface area contributed by atoms with E-state index in [0.29, 0.717) is 19.4 Å². The standard InChI is InChI=1S/C16H22N2O3/c1-3-10(2)14(16(20)21)18-15(19)13-8-11-6-4-5-7-12(11)9-17-13/h4-7,10,13-14,17H,3,8-9H2,1-2H3,(H,18,19)(H,20,21)/t10-,13-,14+/m1/s1. The zero-order valence-electron chi connectivity index (χ0n) is 12.4. The summed E-state index contributed by atoms with van der Waals surface area (Å²) < 4.78 is 0. The van der Waals surface area contributed by atoms with Gasteiger partial charge in [0.15, 0.2) is 0 Å². The van der Waals surface area contributed by atoms with Crippen molar-refractivity contribution in [2.75, 3.05) is 0 Å². The highest BCUT2D eigenvalue weighted by Gasteiger charge is 2.30. The number of aliphatic carboxylic acids is 1. The first kappa shape index (κ1) is 15.5. The second-order valence-corrected chi connectivity index (χ2v) is 5.62. The van der Waals surface area contributed by atoms with E-state index in [4.69, 9.17) is 0 Å². The molecule has 0 bridgehead atoms. The molecule has 1 amide bonds. The van der Waals surface area contributed by atoms with Crippen LogP contribution in [0.15, 0.2) is 24.3 Å². The highest BCUT2D eigenvalue weighted by Crippen LogP contribution is 2.17. The molecule has 5 nitrogen and oxygen atoms in total. The average Bonchev–Trinajstić information content (AvgIpc) is 2.50. The van der Waals surface area contributed by atoms with Gasteiger partial charge in [-0.05, 0) is 23.5 Å². The monoisotopic (exact) mass is 290 g/mol. The van der Waals surface area contributed by atoms with Crippen molar-refractivity contribution in [1.29, 1.82) is 0 Å².